The van der Waals surface area contributed by atoms with Crippen LogP contribution in [0.2, 0.25) is 0 Å². The van der Waals surface area contributed by atoms with Crippen LogP contribution >= 0.6 is 0 Å². The van der Waals surface area contributed by atoms with Gasteiger partial charge >= 0.3 is 0 Å². The third kappa shape index (κ3) is 5.92. The first-order valence-electron chi connectivity index (χ1n) is 9.42. The summed E-state index contributed by atoms with van der Waals surface area (Å²) in [5, 5.41) is 12.4. The summed E-state index contributed by atoms with van der Waals surface area (Å²) in [5.74, 6) is -0.251. The molecule has 0 saturated heterocycles. The van der Waals surface area contributed by atoms with Gasteiger partial charge in [0.2, 0.25) is 15.9 Å². The molecule has 3 rings (SSSR count). The van der Waals surface area contributed by atoms with Gasteiger partial charge in [0.1, 0.15) is 12.4 Å². The van der Waals surface area contributed by atoms with Crippen LogP contribution in [0, 0.1) is 6.92 Å². The molecular formula is C20H24N4O5S. The largest absolute Gasteiger partial charge is 0.394 e. The fraction of sp³-hybridized carbons (Fsp3) is 0.350. The molecule has 0 spiro atoms. The van der Waals surface area contributed by atoms with Crippen molar-refractivity contribution in [3.63, 3.8) is 0 Å². The maximum absolute atomic E-state index is 12.6. The Morgan fingerprint density at radius 3 is 2.63 bits per heavy atom. The summed E-state index contributed by atoms with van der Waals surface area (Å²) in [5.41, 5.74) is 1.63. The molecule has 0 aliphatic carbocycles. The average molecular weight is 433 g/mol. The number of nitrogens with zero attached hydrogens (tertiary/aromatic N) is 2. The molecule has 0 unspecified atom stereocenters. The molecule has 1 aromatic heterocycles. The van der Waals surface area contributed by atoms with Gasteiger partial charge in [0.25, 0.3) is 0 Å². The van der Waals surface area contributed by atoms with Crippen LogP contribution in [-0.2, 0) is 26.1 Å². The van der Waals surface area contributed by atoms with Crippen LogP contribution < -0.4 is 10.0 Å². The van der Waals surface area contributed by atoms with Crippen molar-refractivity contribution in [3.05, 3.63) is 66.3 Å². The number of aliphatic hydroxyl groups excluding tert-OH is 1. The number of carbonyl (C=O) groups excluding carboxylic acids is 1. The first kappa shape index (κ1) is 22.0. The summed E-state index contributed by atoms with van der Waals surface area (Å²) in [6, 6.07) is 7.40. The molecule has 160 valence electrons. The van der Waals surface area contributed by atoms with E-state index in [0.717, 1.165) is 5.56 Å². The number of sulfonamides is 1. The van der Waals surface area contributed by atoms with Crippen LogP contribution in [0.5, 0.6) is 0 Å². The average Bonchev–Trinajstić information content (AvgIpc) is 2.74. The van der Waals surface area contributed by atoms with E-state index in [2.05, 4.69) is 20.0 Å². The van der Waals surface area contributed by atoms with Gasteiger partial charge in [-0.05, 0) is 25.1 Å². The Morgan fingerprint density at radius 2 is 1.97 bits per heavy atom. The highest BCUT2D eigenvalue weighted by Gasteiger charge is 2.31. The van der Waals surface area contributed by atoms with Crippen LogP contribution in [0.15, 0.2) is 59.9 Å². The molecule has 0 radical (unpaired) electrons. The summed E-state index contributed by atoms with van der Waals surface area (Å²) in [6.45, 7) is 1.73. The second kappa shape index (κ2) is 9.90. The monoisotopic (exact) mass is 432 g/mol. The number of rotatable bonds is 8. The summed E-state index contributed by atoms with van der Waals surface area (Å²) >= 11 is 0. The highest BCUT2D eigenvalue weighted by atomic mass is 32.2. The minimum absolute atomic E-state index is 0.0372. The van der Waals surface area contributed by atoms with Crippen molar-refractivity contribution in [2.45, 2.75) is 43.0 Å². The number of amides is 1. The summed E-state index contributed by atoms with van der Waals surface area (Å²) in [6.07, 6.45) is 4.87. The summed E-state index contributed by atoms with van der Waals surface area (Å²) < 4.78 is 33.5. The number of aromatic nitrogens is 2. The Labute approximate surface area is 175 Å². The fourth-order valence-electron chi connectivity index (χ4n) is 2.94. The molecule has 3 N–H and O–H groups in total. The number of hydrogen-bond acceptors (Lipinski definition) is 7. The molecule has 30 heavy (non-hydrogen) atoms. The molecule has 0 saturated carbocycles. The molecular weight excluding hydrogens is 408 g/mol. The van der Waals surface area contributed by atoms with E-state index in [1.165, 1.54) is 18.5 Å². The number of carbonyl (C=O) groups is 1. The molecule has 0 bridgehead atoms. The lowest BCUT2D eigenvalue weighted by atomic mass is 10.1. The lowest BCUT2D eigenvalue weighted by molar-refractivity contribution is -0.125. The van der Waals surface area contributed by atoms with Crippen LogP contribution in [0.3, 0.4) is 0 Å². The minimum Gasteiger partial charge on any atom is -0.394 e. The number of hydrogen-bond donors (Lipinski definition) is 3. The van der Waals surface area contributed by atoms with Gasteiger partial charge in [-0.25, -0.2) is 23.1 Å². The highest BCUT2D eigenvalue weighted by molar-refractivity contribution is 7.89. The predicted molar refractivity (Wildman–Crippen MR) is 109 cm³/mol. The van der Waals surface area contributed by atoms with Crippen LogP contribution in [0.1, 0.15) is 17.7 Å². The second-order valence-electron chi connectivity index (χ2n) is 6.92. The standard InChI is InChI=1S/C20H24N4O5S/c1-14-2-5-17(6-3-14)30(27,28)24-18-7-4-16(29-19(18)12-25)10-20(26)22-11-15-8-9-21-13-23-15/h2-9,13,16,18-19,24-25H,10-12H2,1H3,(H,22,26)/t16-,18+,19+/m0/s1. The molecule has 2 heterocycles. The molecule has 2 aromatic rings. The van der Waals surface area contributed by atoms with Gasteiger partial charge in [-0.1, -0.05) is 29.8 Å². The van der Waals surface area contributed by atoms with Crippen LogP contribution in [-0.4, -0.2) is 54.3 Å². The Morgan fingerprint density at radius 1 is 1.20 bits per heavy atom. The Balaban J connectivity index is 1.58. The number of aliphatic hydroxyl groups is 1. The van der Waals surface area contributed by atoms with Crippen molar-refractivity contribution >= 4 is 15.9 Å². The van der Waals surface area contributed by atoms with Crippen molar-refractivity contribution in [1.29, 1.82) is 0 Å². The molecule has 3 atom stereocenters. The molecule has 1 aliphatic rings. The third-order valence-electron chi connectivity index (χ3n) is 4.58. The maximum atomic E-state index is 12.6. The van der Waals surface area contributed by atoms with E-state index in [0.29, 0.717) is 5.69 Å². The first-order chi connectivity index (χ1) is 14.4. The van der Waals surface area contributed by atoms with E-state index in [4.69, 9.17) is 4.74 Å². The predicted octanol–water partition coefficient (Wildman–Crippen LogP) is 0.454. The van der Waals surface area contributed by atoms with E-state index in [9.17, 15) is 18.3 Å². The van der Waals surface area contributed by atoms with Gasteiger partial charge in [0.15, 0.2) is 0 Å². The van der Waals surface area contributed by atoms with Gasteiger partial charge in [-0.3, -0.25) is 4.79 Å². The zero-order valence-electron chi connectivity index (χ0n) is 16.4. The Kier molecular flexibility index (Phi) is 7.27. The second-order valence-corrected chi connectivity index (χ2v) is 8.64. The zero-order valence-corrected chi connectivity index (χ0v) is 17.2. The van der Waals surface area contributed by atoms with Gasteiger partial charge < -0.3 is 15.2 Å². The van der Waals surface area contributed by atoms with Crippen LogP contribution in [0.25, 0.3) is 0 Å². The number of nitrogens with one attached hydrogen (secondary N) is 2. The Hall–Kier alpha value is -2.66. The normalized spacial score (nSPS) is 21.3. The van der Waals surface area contributed by atoms with Gasteiger partial charge in [0, 0.05) is 6.20 Å². The maximum Gasteiger partial charge on any atom is 0.241 e. The van der Waals surface area contributed by atoms with Crippen molar-refractivity contribution in [1.82, 2.24) is 20.0 Å². The first-order valence-corrected chi connectivity index (χ1v) is 10.9. The molecule has 1 amide bonds. The number of benzene rings is 1. The smallest absolute Gasteiger partial charge is 0.241 e. The Bertz CT molecular complexity index is 980. The molecule has 9 nitrogen and oxygen atoms in total. The fourth-order valence-corrected chi connectivity index (χ4v) is 4.16. The lowest BCUT2D eigenvalue weighted by Crippen LogP contribution is -2.49. The van der Waals surface area contributed by atoms with E-state index in [1.807, 2.05) is 6.92 Å². The molecule has 1 aliphatic heterocycles. The summed E-state index contributed by atoms with van der Waals surface area (Å²) in [7, 11) is -3.78. The van der Waals surface area contributed by atoms with E-state index in [-0.39, 0.29) is 23.8 Å². The molecule has 1 aromatic carbocycles. The number of aryl methyl sites for hydroxylation is 1. The van der Waals surface area contributed by atoms with Crippen molar-refractivity contribution < 1.29 is 23.1 Å². The van der Waals surface area contributed by atoms with Crippen molar-refractivity contribution in [3.8, 4) is 0 Å². The van der Waals surface area contributed by atoms with Crippen molar-refractivity contribution in [2.75, 3.05) is 6.61 Å². The van der Waals surface area contributed by atoms with E-state index < -0.39 is 34.9 Å². The zero-order chi connectivity index (χ0) is 21.6. The summed E-state index contributed by atoms with van der Waals surface area (Å²) in [4.78, 5) is 20.1. The molecule has 0 fully saturated rings. The van der Waals surface area contributed by atoms with E-state index >= 15 is 0 Å². The SMILES string of the molecule is Cc1ccc(S(=O)(=O)N[C@@H]2C=C[C@@H](CC(=O)NCc3ccncn3)O[C@@H]2CO)cc1. The quantitative estimate of drug-likeness (QED) is 0.517. The van der Waals surface area contributed by atoms with Gasteiger partial charge in [0.05, 0.1) is 42.3 Å². The van der Waals surface area contributed by atoms with Crippen LogP contribution in [0.4, 0.5) is 0 Å². The minimum atomic E-state index is -3.78. The number of ether oxygens (including phenoxy) is 1. The lowest BCUT2D eigenvalue weighted by Gasteiger charge is -2.31. The third-order valence-corrected chi connectivity index (χ3v) is 6.06. The van der Waals surface area contributed by atoms with Crippen molar-refractivity contribution in [2.24, 2.45) is 0 Å². The highest BCUT2D eigenvalue weighted by Crippen LogP contribution is 2.18. The van der Waals surface area contributed by atoms with Gasteiger partial charge in [-0.2, -0.15) is 0 Å². The van der Waals surface area contributed by atoms with E-state index in [1.54, 1.807) is 36.5 Å². The van der Waals surface area contributed by atoms with Gasteiger partial charge in [-0.15, -0.1) is 0 Å². The topological polar surface area (TPSA) is 131 Å². The molecule has 10 heteroatoms.